The molecule has 0 aromatic heterocycles. The van der Waals surface area contributed by atoms with Crippen molar-refractivity contribution in [3.05, 3.63) is 33.8 Å². The van der Waals surface area contributed by atoms with Crippen molar-refractivity contribution in [1.29, 1.82) is 0 Å². The minimum absolute atomic E-state index is 0.300. The normalized spacial score (nSPS) is 13.3. The molecule has 0 saturated carbocycles. The minimum atomic E-state index is 0.300. The third-order valence-electron chi connectivity index (χ3n) is 3.44. The molecule has 1 aromatic carbocycles. The lowest BCUT2D eigenvalue weighted by molar-refractivity contribution is 0.235. The van der Waals surface area contributed by atoms with Gasteiger partial charge in [-0.1, -0.05) is 28.1 Å². The van der Waals surface area contributed by atoms with Crippen molar-refractivity contribution in [1.82, 2.24) is 9.80 Å². The molecule has 0 spiro atoms. The highest BCUT2D eigenvalue weighted by Gasteiger charge is 2.15. The van der Waals surface area contributed by atoms with E-state index in [0.717, 1.165) is 24.0 Å². The van der Waals surface area contributed by atoms with E-state index in [1.165, 1.54) is 11.1 Å². The van der Waals surface area contributed by atoms with Crippen LogP contribution in [0.15, 0.2) is 22.7 Å². The Morgan fingerprint density at radius 3 is 2.42 bits per heavy atom. The maximum absolute atomic E-state index is 5.96. The van der Waals surface area contributed by atoms with E-state index in [1.807, 2.05) is 0 Å². The van der Waals surface area contributed by atoms with Gasteiger partial charge in [0.1, 0.15) is 0 Å². The summed E-state index contributed by atoms with van der Waals surface area (Å²) in [4.78, 5) is 4.57. The van der Waals surface area contributed by atoms with Crippen LogP contribution in [-0.2, 0) is 0 Å². The zero-order valence-corrected chi connectivity index (χ0v) is 14.1. The van der Waals surface area contributed by atoms with E-state index >= 15 is 0 Å². The fourth-order valence-corrected chi connectivity index (χ4v) is 2.48. The van der Waals surface area contributed by atoms with Gasteiger partial charge in [0.2, 0.25) is 0 Å². The molecule has 0 aliphatic carbocycles. The number of aryl methyl sites for hydroxylation is 1. The molecule has 3 nitrogen and oxygen atoms in total. The molecule has 108 valence electrons. The summed E-state index contributed by atoms with van der Waals surface area (Å²) in [5, 5.41) is 0. The molecular formula is C15H26BrN3. The predicted octanol–water partition coefficient (Wildman–Crippen LogP) is 2.64. The SMILES string of the molecule is Cc1cc(C(CN)N(C)CCCN(C)C)ccc1Br. The first-order valence-corrected chi connectivity index (χ1v) is 7.56. The van der Waals surface area contributed by atoms with Gasteiger partial charge in [-0.2, -0.15) is 0 Å². The lowest BCUT2D eigenvalue weighted by atomic mass is 10.0. The molecule has 0 bridgehead atoms. The van der Waals surface area contributed by atoms with Gasteiger partial charge in [-0.05, 0) is 64.8 Å². The smallest absolute Gasteiger partial charge is 0.0467 e. The summed E-state index contributed by atoms with van der Waals surface area (Å²) >= 11 is 3.54. The van der Waals surface area contributed by atoms with Gasteiger partial charge in [-0.25, -0.2) is 0 Å². The number of nitrogens with two attached hydrogens (primary N) is 1. The monoisotopic (exact) mass is 327 g/mol. The van der Waals surface area contributed by atoms with E-state index in [9.17, 15) is 0 Å². The number of benzene rings is 1. The summed E-state index contributed by atoms with van der Waals surface area (Å²) in [6, 6.07) is 6.80. The van der Waals surface area contributed by atoms with E-state index in [2.05, 4.69) is 72.0 Å². The van der Waals surface area contributed by atoms with E-state index in [-0.39, 0.29) is 0 Å². The number of hydrogen-bond donors (Lipinski definition) is 1. The summed E-state index contributed by atoms with van der Waals surface area (Å²) in [6.45, 7) is 4.95. The van der Waals surface area contributed by atoms with Crippen LogP contribution in [0.5, 0.6) is 0 Å². The number of likely N-dealkylation sites (N-methyl/N-ethyl adjacent to an activating group) is 1. The second kappa shape index (κ2) is 8.00. The fourth-order valence-electron chi connectivity index (χ4n) is 2.24. The van der Waals surface area contributed by atoms with Crippen LogP contribution in [0.4, 0.5) is 0 Å². The van der Waals surface area contributed by atoms with Gasteiger partial charge in [0.15, 0.2) is 0 Å². The number of nitrogens with zero attached hydrogens (tertiary/aromatic N) is 2. The molecule has 0 radical (unpaired) electrons. The Hall–Kier alpha value is -0.420. The quantitative estimate of drug-likeness (QED) is 0.835. The van der Waals surface area contributed by atoms with Crippen molar-refractivity contribution in [2.24, 2.45) is 5.73 Å². The van der Waals surface area contributed by atoms with Crippen molar-refractivity contribution in [3.8, 4) is 0 Å². The number of halogens is 1. The largest absolute Gasteiger partial charge is 0.329 e. The minimum Gasteiger partial charge on any atom is -0.329 e. The molecule has 2 N–H and O–H groups in total. The predicted molar refractivity (Wildman–Crippen MR) is 86.5 cm³/mol. The standard InChI is InChI=1S/C15H26BrN3/c1-12-10-13(6-7-14(12)16)15(11-17)19(4)9-5-8-18(2)3/h6-7,10,15H,5,8-9,11,17H2,1-4H3. The molecule has 1 aromatic rings. The zero-order chi connectivity index (χ0) is 14.4. The van der Waals surface area contributed by atoms with Gasteiger partial charge in [0.05, 0.1) is 0 Å². The Bertz CT molecular complexity index is 393. The molecule has 4 heteroatoms. The summed E-state index contributed by atoms with van der Waals surface area (Å²) in [6.07, 6.45) is 1.16. The molecule has 0 aliphatic heterocycles. The second-order valence-corrected chi connectivity index (χ2v) is 6.25. The molecule has 0 fully saturated rings. The molecule has 19 heavy (non-hydrogen) atoms. The van der Waals surface area contributed by atoms with Crippen molar-refractivity contribution < 1.29 is 0 Å². The Kier molecular flexibility index (Phi) is 7.00. The first-order valence-electron chi connectivity index (χ1n) is 6.76. The maximum atomic E-state index is 5.96. The van der Waals surface area contributed by atoms with Crippen LogP contribution in [-0.4, -0.2) is 50.6 Å². The first-order chi connectivity index (χ1) is 8.95. The first kappa shape index (κ1) is 16.6. The molecule has 1 unspecified atom stereocenters. The number of rotatable bonds is 7. The van der Waals surface area contributed by atoms with Crippen LogP contribution < -0.4 is 5.73 Å². The Morgan fingerprint density at radius 2 is 1.89 bits per heavy atom. The fraction of sp³-hybridized carbons (Fsp3) is 0.600. The Labute approximate surface area is 125 Å². The lowest BCUT2D eigenvalue weighted by Gasteiger charge is -2.28. The van der Waals surface area contributed by atoms with Crippen molar-refractivity contribution in [2.45, 2.75) is 19.4 Å². The van der Waals surface area contributed by atoms with Crippen LogP contribution in [0.3, 0.4) is 0 Å². The maximum Gasteiger partial charge on any atom is 0.0467 e. The third kappa shape index (κ3) is 5.22. The topological polar surface area (TPSA) is 32.5 Å². The van der Waals surface area contributed by atoms with Crippen LogP contribution >= 0.6 is 15.9 Å². The highest BCUT2D eigenvalue weighted by molar-refractivity contribution is 9.10. The zero-order valence-electron chi connectivity index (χ0n) is 12.5. The average Bonchev–Trinajstić information content (AvgIpc) is 2.34. The summed E-state index contributed by atoms with van der Waals surface area (Å²) in [5.74, 6) is 0. The van der Waals surface area contributed by atoms with Gasteiger partial charge in [0, 0.05) is 17.1 Å². The second-order valence-electron chi connectivity index (χ2n) is 5.40. The van der Waals surface area contributed by atoms with E-state index in [0.29, 0.717) is 12.6 Å². The van der Waals surface area contributed by atoms with Crippen molar-refractivity contribution in [2.75, 3.05) is 40.8 Å². The molecule has 0 amide bonds. The summed E-state index contributed by atoms with van der Waals surface area (Å²) in [7, 11) is 6.38. The van der Waals surface area contributed by atoms with Crippen LogP contribution in [0.25, 0.3) is 0 Å². The van der Waals surface area contributed by atoms with E-state index in [1.54, 1.807) is 0 Å². The van der Waals surface area contributed by atoms with Gasteiger partial charge < -0.3 is 10.6 Å². The van der Waals surface area contributed by atoms with Crippen LogP contribution in [0.1, 0.15) is 23.6 Å². The third-order valence-corrected chi connectivity index (χ3v) is 4.33. The molecule has 0 heterocycles. The van der Waals surface area contributed by atoms with E-state index < -0.39 is 0 Å². The molecular weight excluding hydrogens is 302 g/mol. The van der Waals surface area contributed by atoms with Crippen molar-refractivity contribution >= 4 is 15.9 Å². The Morgan fingerprint density at radius 1 is 1.21 bits per heavy atom. The van der Waals surface area contributed by atoms with E-state index in [4.69, 9.17) is 5.73 Å². The molecule has 0 saturated heterocycles. The highest BCUT2D eigenvalue weighted by atomic mass is 79.9. The average molecular weight is 328 g/mol. The number of hydrogen-bond acceptors (Lipinski definition) is 3. The van der Waals surface area contributed by atoms with Crippen molar-refractivity contribution in [3.63, 3.8) is 0 Å². The highest BCUT2D eigenvalue weighted by Crippen LogP contribution is 2.24. The van der Waals surface area contributed by atoms with Crippen LogP contribution in [0.2, 0.25) is 0 Å². The summed E-state index contributed by atoms with van der Waals surface area (Å²) < 4.78 is 1.15. The van der Waals surface area contributed by atoms with Gasteiger partial charge in [-0.15, -0.1) is 0 Å². The van der Waals surface area contributed by atoms with Gasteiger partial charge in [-0.3, -0.25) is 4.90 Å². The van der Waals surface area contributed by atoms with Gasteiger partial charge >= 0.3 is 0 Å². The van der Waals surface area contributed by atoms with Crippen LogP contribution in [0, 0.1) is 6.92 Å². The Balaban J connectivity index is 2.67. The lowest BCUT2D eigenvalue weighted by Crippen LogP contribution is -2.32. The van der Waals surface area contributed by atoms with Gasteiger partial charge in [0.25, 0.3) is 0 Å². The molecule has 1 rings (SSSR count). The molecule has 1 atom stereocenters. The molecule has 0 aliphatic rings. The summed E-state index contributed by atoms with van der Waals surface area (Å²) in [5.41, 5.74) is 8.52.